The Morgan fingerprint density at radius 3 is 2.63 bits per heavy atom. The molecule has 6 nitrogen and oxygen atoms in total. The molecule has 2 amide bonds. The molecule has 1 saturated heterocycles. The number of halogens is 1. The Hall–Kier alpha value is -1.96. The van der Waals surface area contributed by atoms with Crippen molar-refractivity contribution in [2.75, 3.05) is 30.3 Å². The summed E-state index contributed by atoms with van der Waals surface area (Å²) in [6, 6.07) is 5.44. The summed E-state index contributed by atoms with van der Waals surface area (Å²) in [4.78, 5) is 31.4. The predicted molar refractivity (Wildman–Crippen MR) is 110 cm³/mol. The average molecular weight is 407 g/mol. The van der Waals surface area contributed by atoms with Gasteiger partial charge in [0, 0.05) is 0 Å². The van der Waals surface area contributed by atoms with Crippen LogP contribution in [-0.2, 0) is 4.79 Å². The lowest BCUT2D eigenvalue weighted by atomic mass is 10.2. The molecular weight excluding hydrogens is 384 g/mol. The minimum absolute atomic E-state index is 0.0971. The van der Waals surface area contributed by atoms with E-state index in [0.29, 0.717) is 27.3 Å². The monoisotopic (exact) mass is 406 g/mol. The SMILES string of the molecule is Cc1cccc(Cl)c1NC(=O)c1cnc(NC(=O)CN2CCCCCC2)s1. The van der Waals surface area contributed by atoms with E-state index in [1.165, 1.54) is 19.0 Å². The van der Waals surface area contributed by atoms with Crippen LogP contribution >= 0.6 is 22.9 Å². The van der Waals surface area contributed by atoms with Crippen molar-refractivity contribution in [3.8, 4) is 0 Å². The normalized spacial score (nSPS) is 15.2. The third-order valence-electron chi connectivity index (χ3n) is 4.50. The first-order valence-electron chi connectivity index (χ1n) is 9.07. The molecule has 0 bridgehead atoms. The van der Waals surface area contributed by atoms with E-state index >= 15 is 0 Å². The van der Waals surface area contributed by atoms with Crippen molar-refractivity contribution in [3.05, 3.63) is 39.9 Å². The van der Waals surface area contributed by atoms with E-state index in [1.54, 1.807) is 6.07 Å². The van der Waals surface area contributed by atoms with Crippen molar-refractivity contribution in [2.24, 2.45) is 0 Å². The number of hydrogen-bond donors (Lipinski definition) is 2. The molecule has 144 valence electrons. The maximum Gasteiger partial charge on any atom is 0.267 e. The number of nitrogens with zero attached hydrogens (tertiary/aromatic N) is 2. The van der Waals surface area contributed by atoms with Gasteiger partial charge in [-0.1, -0.05) is 47.9 Å². The lowest BCUT2D eigenvalue weighted by Gasteiger charge is -2.18. The lowest BCUT2D eigenvalue weighted by molar-refractivity contribution is -0.117. The van der Waals surface area contributed by atoms with Crippen LogP contribution in [0.3, 0.4) is 0 Å². The van der Waals surface area contributed by atoms with E-state index in [2.05, 4.69) is 20.5 Å². The van der Waals surface area contributed by atoms with Crippen LogP contribution in [0.2, 0.25) is 5.02 Å². The molecule has 1 aromatic carbocycles. The smallest absolute Gasteiger partial charge is 0.267 e. The molecule has 2 heterocycles. The molecule has 2 aromatic rings. The zero-order valence-corrected chi connectivity index (χ0v) is 16.8. The Morgan fingerprint density at radius 1 is 1.19 bits per heavy atom. The first-order chi connectivity index (χ1) is 13.0. The van der Waals surface area contributed by atoms with Crippen LogP contribution in [0.25, 0.3) is 0 Å². The highest BCUT2D eigenvalue weighted by Crippen LogP contribution is 2.27. The third kappa shape index (κ3) is 5.51. The largest absolute Gasteiger partial charge is 0.320 e. The quantitative estimate of drug-likeness (QED) is 0.781. The number of benzene rings is 1. The van der Waals surface area contributed by atoms with Crippen LogP contribution in [-0.4, -0.2) is 41.3 Å². The standard InChI is InChI=1S/C19H23ClN4O2S/c1-13-7-6-8-14(20)17(13)23-18(26)15-11-21-19(27-15)22-16(25)12-24-9-4-2-3-5-10-24/h6-8,11H,2-5,9-10,12H2,1H3,(H,23,26)(H,21,22,25). The van der Waals surface area contributed by atoms with Crippen molar-refractivity contribution in [1.82, 2.24) is 9.88 Å². The van der Waals surface area contributed by atoms with Gasteiger partial charge in [-0.05, 0) is 44.5 Å². The van der Waals surface area contributed by atoms with Crippen molar-refractivity contribution in [2.45, 2.75) is 32.6 Å². The second-order valence-corrected chi connectivity index (χ2v) is 8.09. The fourth-order valence-corrected chi connectivity index (χ4v) is 4.06. The van der Waals surface area contributed by atoms with Crippen LogP contribution in [0, 0.1) is 6.92 Å². The number of carbonyl (C=O) groups is 2. The second-order valence-electron chi connectivity index (χ2n) is 6.65. The molecule has 0 saturated carbocycles. The number of likely N-dealkylation sites (tertiary alicyclic amines) is 1. The summed E-state index contributed by atoms with van der Waals surface area (Å²) in [6.45, 7) is 4.15. The highest BCUT2D eigenvalue weighted by Gasteiger charge is 2.17. The van der Waals surface area contributed by atoms with Crippen molar-refractivity contribution >= 4 is 45.6 Å². The Kier molecular flexibility index (Phi) is 6.82. The second kappa shape index (κ2) is 9.30. The molecule has 8 heteroatoms. The summed E-state index contributed by atoms with van der Waals surface area (Å²) in [5.74, 6) is -0.392. The fourth-order valence-electron chi connectivity index (χ4n) is 3.06. The predicted octanol–water partition coefficient (Wildman–Crippen LogP) is 4.17. The van der Waals surface area contributed by atoms with Crippen molar-refractivity contribution in [3.63, 3.8) is 0 Å². The van der Waals surface area contributed by atoms with Gasteiger partial charge in [0.1, 0.15) is 4.88 Å². The van der Waals surface area contributed by atoms with Crippen molar-refractivity contribution < 1.29 is 9.59 Å². The van der Waals surface area contributed by atoms with Gasteiger partial charge in [0.2, 0.25) is 5.91 Å². The molecule has 0 spiro atoms. The average Bonchev–Trinajstić information content (AvgIpc) is 2.94. The summed E-state index contributed by atoms with van der Waals surface area (Å²) in [7, 11) is 0. The van der Waals surface area contributed by atoms with Crippen molar-refractivity contribution in [1.29, 1.82) is 0 Å². The zero-order chi connectivity index (χ0) is 19.2. The van der Waals surface area contributed by atoms with E-state index in [1.807, 2.05) is 19.1 Å². The fraction of sp³-hybridized carbons (Fsp3) is 0.421. The molecule has 1 aliphatic heterocycles. The van der Waals surface area contributed by atoms with E-state index in [0.717, 1.165) is 42.8 Å². The molecule has 27 heavy (non-hydrogen) atoms. The molecule has 3 rings (SSSR count). The summed E-state index contributed by atoms with van der Waals surface area (Å²) in [6.07, 6.45) is 6.20. The number of amides is 2. The molecule has 1 aromatic heterocycles. The van der Waals surface area contributed by atoms with Gasteiger partial charge >= 0.3 is 0 Å². The van der Waals surface area contributed by atoms with Gasteiger partial charge in [0.15, 0.2) is 5.13 Å². The van der Waals surface area contributed by atoms with E-state index in [-0.39, 0.29) is 11.8 Å². The number of aromatic nitrogens is 1. The number of hydrogen-bond acceptors (Lipinski definition) is 5. The van der Waals surface area contributed by atoms with Gasteiger partial charge in [-0.3, -0.25) is 14.5 Å². The van der Waals surface area contributed by atoms with Gasteiger partial charge in [0.25, 0.3) is 5.91 Å². The first kappa shape index (κ1) is 19.8. The van der Waals surface area contributed by atoms with Gasteiger partial charge in [-0.2, -0.15) is 0 Å². The molecule has 0 aliphatic carbocycles. The van der Waals surface area contributed by atoms with Crippen LogP contribution in [0.1, 0.15) is 40.9 Å². The number of aryl methyl sites for hydroxylation is 1. The number of para-hydroxylation sites is 1. The molecule has 2 N–H and O–H groups in total. The summed E-state index contributed by atoms with van der Waals surface area (Å²) >= 11 is 7.30. The van der Waals surface area contributed by atoms with E-state index in [9.17, 15) is 9.59 Å². The highest BCUT2D eigenvalue weighted by molar-refractivity contribution is 7.17. The third-order valence-corrected chi connectivity index (χ3v) is 5.73. The summed E-state index contributed by atoms with van der Waals surface area (Å²) in [5, 5.41) is 6.52. The Labute approximate surface area is 167 Å². The minimum Gasteiger partial charge on any atom is -0.320 e. The first-order valence-corrected chi connectivity index (χ1v) is 10.3. The Balaban J connectivity index is 1.57. The van der Waals surface area contributed by atoms with Crippen LogP contribution in [0.15, 0.2) is 24.4 Å². The minimum atomic E-state index is -0.295. The molecule has 1 fully saturated rings. The number of nitrogens with one attached hydrogen (secondary N) is 2. The molecule has 1 aliphatic rings. The highest BCUT2D eigenvalue weighted by atomic mass is 35.5. The number of thiazole rings is 1. The number of rotatable bonds is 5. The number of carbonyl (C=O) groups excluding carboxylic acids is 2. The lowest BCUT2D eigenvalue weighted by Crippen LogP contribution is -2.33. The zero-order valence-electron chi connectivity index (χ0n) is 15.3. The topological polar surface area (TPSA) is 74.3 Å². The number of anilines is 2. The molecule has 0 unspecified atom stereocenters. The van der Waals surface area contributed by atoms with Gasteiger partial charge < -0.3 is 10.6 Å². The van der Waals surface area contributed by atoms with Crippen LogP contribution in [0.5, 0.6) is 0 Å². The van der Waals surface area contributed by atoms with Crippen LogP contribution in [0.4, 0.5) is 10.8 Å². The van der Waals surface area contributed by atoms with Gasteiger partial charge in [-0.25, -0.2) is 4.98 Å². The summed E-state index contributed by atoms with van der Waals surface area (Å²) < 4.78 is 0. The Bertz CT molecular complexity index is 796. The molecule has 0 atom stereocenters. The maximum absolute atomic E-state index is 12.5. The van der Waals surface area contributed by atoms with E-state index < -0.39 is 0 Å². The molecular formula is C19H23ClN4O2S. The maximum atomic E-state index is 12.5. The van der Waals surface area contributed by atoms with Gasteiger partial charge in [-0.15, -0.1) is 0 Å². The summed E-state index contributed by atoms with van der Waals surface area (Å²) in [5.41, 5.74) is 1.47. The Morgan fingerprint density at radius 2 is 1.93 bits per heavy atom. The van der Waals surface area contributed by atoms with E-state index in [4.69, 9.17) is 11.6 Å². The van der Waals surface area contributed by atoms with Gasteiger partial charge in [0.05, 0.1) is 23.5 Å². The molecule has 0 radical (unpaired) electrons. The van der Waals surface area contributed by atoms with Crippen LogP contribution < -0.4 is 10.6 Å².